The predicted molar refractivity (Wildman–Crippen MR) is 117 cm³/mol. The molecule has 156 valence electrons. The lowest BCUT2D eigenvalue weighted by atomic mass is 10.1. The number of hydrogen-bond donors (Lipinski definition) is 1. The molecule has 5 nitrogen and oxygen atoms in total. The zero-order chi connectivity index (χ0) is 20.6. The van der Waals surface area contributed by atoms with Gasteiger partial charge < -0.3 is 14.5 Å². The van der Waals surface area contributed by atoms with Crippen molar-refractivity contribution in [2.24, 2.45) is 0 Å². The van der Waals surface area contributed by atoms with Crippen LogP contribution in [0.1, 0.15) is 31.1 Å². The number of furan rings is 1. The van der Waals surface area contributed by atoms with Crippen molar-refractivity contribution < 1.29 is 13.9 Å². The second-order valence-corrected chi connectivity index (χ2v) is 7.58. The van der Waals surface area contributed by atoms with Crippen molar-refractivity contribution in [3.05, 3.63) is 78.8 Å². The Morgan fingerprint density at radius 3 is 2.50 bits per heavy atom. The van der Waals surface area contributed by atoms with Crippen LogP contribution >= 0.6 is 0 Å². The minimum atomic E-state index is -0.133. The Kier molecular flexibility index (Phi) is 6.83. The van der Waals surface area contributed by atoms with Crippen LogP contribution in [0.3, 0.4) is 0 Å². The average molecular weight is 405 g/mol. The molecule has 3 aromatic rings. The molecule has 1 N–H and O–H groups in total. The molecule has 0 saturated carbocycles. The van der Waals surface area contributed by atoms with Gasteiger partial charge in [0.15, 0.2) is 6.61 Å². The van der Waals surface area contributed by atoms with Crippen LogP contribution in [0.4, 0.5) is 0 Å². The summed E-state index contributed by atoms with van der Waals surface area (Å²) in [6, 6.07) is 21.8. The summed E-state index contributed by atoms with van der Waals surface area (Å²) in [6.07, 6.45) is 5.33. The highest BCUT2D eigenvalue weighted by Gasteiger charge is 2.25. The molecule has 1 aromatic heterocycles. The van der Waals surface area contributed by atoms with Gasteiger partial charge in [-0.15, -0.1) is 0 Å². The summed E-state index contributed by atoms with van der Waals surface area (Å²) >= 11 is 0. The number of benzene rings is 2. The Bertz CT molecular complexity index is 919. The van der Waals surface area contributed by atoms with Gasteiger partial charge in [0.05, 0.1) is 12.3 Å². The largest absolute Gasteiger partial charge is 0.483 e. The van der Waals surface area contributed by atoms with Crippen LogP contribution in [0.25, 0.3) is 11.1 Å². The lowest BCUT2D eigenvalue weighted by Gasteiger charge is -2.33. The SMILES string of the molecule is O=C(COc1ccccc1-c1ccccc1)NC[C@@H](c1ccco1)N1CCCCC1. The van der Waals surface area contributed by atoms with Gasteiger partial charge in [0.25, 0.3) is 5.91 Å². The lowest BCUT2D eigenvalue weighted by molar-refractivity contribution is -0.123. The smallest absolute Gasteiger partial charge is 0.258 e. The summed E-state index contributed by atoms with van der Waals surface area (Å²) in [5.41, 5.74) is 2.05. The van der Waals surface area contributed by atoms with Crippen molar-refractivity contribution in [3.8, 4) is 16.9 Å². The zero-order valence-corrected chi connectivity index (χ0v) is 17.1. The van der Waals surface area contributed by atoms with Gasteiger partial charge in [-0.05, 0) is 49.7 Å². The number of likely N-dealkylation sites (tertiary alicyclic amines) is 1. The molecule has 1 fully saturated rings. The monoisotopic (exact) mass is 404 g/mol. The van der Waals surface area contributed by atoms with Crippen LogP contribution < -0.4 is 10.1 Å². The number of rotatable bonds is 8. The lowest BCUT2D eigenvalue weighted by Crippen LogP contribution is -2.41. The Morgan fingerprint density at radius 1 is 0.967 bits per heavy atom. The molecule has 1 atom stereocenters. The third kappa shape index (κ3) is 5.10. The van der Waals surface area contributed by atoms with Gasteiger partial charge in [-0.3, -0.25) is 9.69 Å². The maximum atomic E-state index is 12.5. The van der Waals surface area contributed by atoms with Crippen LogP contribution in [0, 0.1) is 0 Å². The van der Waals surface area contributed by atoms with Gasteiger partial charge in [0, 0.05) is 12.1 Å². The van der Waals surface area contributed by atoms with E-state index in [1.54, 1.807) is 6.26 Å². The molecule has 0 bridgehead atoms. The van der Waals surface area contributed by atoms with Crippen molar-refractivity contribution in [2.75, 3.05) is 26.2 Å². The van der Waals surface area contributed by atoms with Gasteiger partial charge in [-0.2, -0.15) is 0 Å². The summed E-state index contributed by atoms with van der Waals surface area (Å²) in [6.45, 7) is 2.55. The Morgan fingerprint density at radius 2 is 1.73 bits per heavy atom. The summed E-state index contributed by atoms with van der Waals surface area (Å²) in [5.74, 6) is 1.47. The van der Waals surface area contributed by atoms with Crippen LogP contribution in [-0.2, 0) is 4.79 Å². The normalized spacial score (nSPS) is 15.5. The van der Waals surface area contributed by atoms with Crippen molar-refractivity contribution >= 4 is 5.91 Å². The fourth-order valence-electron chi connectivity index (χ4n) is 3.97. The van der Waals surface area contributed by atoms with E-state index in [9.17, 15) is 4.79 Å². The number of ether oxygens (including phenoxy) is 1. The molecule has 1 amide bonds. The highest BCUT2D eigenvalue weighted by atomic mass is 16.5. The molecule has 0 aliphatic carbocycles. The number of nitrogens with zero attached hydrogens (tertiary/aromatic N) is 1. The Labute approximate surface area is 177 Å². The third-order valence-electron chi connectivity index (χ3n) is 5.53. The molecule has 1 saturated heterocycles. The molecule has 0 unspecified atom stereocenters. The summed E-state index contributed by atoms with van der Waals surface area (Å²) in [5, 5.41) is 3.03. The van der Waals surface area contributed by atoms with Gasteiger partial charge >= 0.3 is 0 Å². The van der Waals surface area contributed by atoms with E-state index in [0.29, 0.717) is 12.3 Å². The number of piperidine rings is 1. The number of hydrogen-bond acceptors (Lipinski definition) is 4. The van der Waals surface area contributed by atoms with Gasteiger partial charge in [0.2, 0.25) is 0 Å². The van der Waals surface area contributed by atoms with E-state index < -0.39 is 0 Å². The first-order chi connectivity index (χ1) is 14.8. The standard InChI is InChI=1S/C25H28N2O3/c28-25(19-30-23-13-6-5-12-21(23)20-10-3-1-4-11-20)26-18-22(24-14-9-17-29-24)27-15-7-2-8-16-27/h1,3-6,9-14,17,22H,2,7-8,15-16,18-19H2,(H,26,28)/t22-/m0/s1. The van der Waals surface area contributed by atoms with Gasteiger partial charge in [-0.25, -0.2) is 0 Å². The second kappa shape index (κ2) is 10.1. The minimum absolute atomic E-state index is 0.0191. The molecule has 0 radical (unpaired) electrons. The maximum Gasteiger partial charge on any atom is 0.258 e. The summed E-state index contributed by atoms with van der Waals surface area (Å²) in [7, 11) is 0. The highest BCUT2D eigenvalue weighted by Crippen LogP contribution is 2.29. The molecular weight excluding hydrogens is 376 g/mol. The quantitative estimate of drug-likeness (QED) is 0.593. The molecule has 4 rings (SSSR count). The van der Waals surface area contributed by atoms with Gasteiger partial charge in [-0.1, -0.05) is 55.0 Å². The van der Waals surface area contributed by atoms with E-state index in [-0.39, 0.29) is 18.6 Å². The molecule has 1 aliphatic heterocycles. The molecular formula is C25H28N2O3. The minimum Gasteiger partial charge on any atom is -0.483 e. The molecule has 5 heteroatoms. The zero-order valence-electron chi connectivity index (χ0n) is 17.1. The number of carbonyl (C=O) groups is 1. The van der Waals surface area contributed by atoms with Crippen molar-refractivity contribution in [1.29, 1.82) is 0 Å². The highest BCUT2D eigenvalue weighted by molar-refractivity contribution is 5.78. The summed E-state index contributed by atoms with van der Waals surface area (Å²) < 4.78 is 11.5. The summed E-state index contributed by atoms with van der Waals surface area (Å²) in [4.78, 5) is 14.9. The van der Waals surface area contributed by atoms with Crippen LogP contribution in [0.2, 0.25) is 0 Å². The van der Waals surface area contributed by atoms with Crippen molar-refractivity contribution in [2.45, 2.75) is 25.3 Å². The van der Waals surface area contributed by atoms with Crippen molar-refractivity contribution in [3.63, 3.8) is 0 Å². The first-order valence-corrected chi connectivity index (χ1v) is 10.6. The number of carbonyl (C=O) groups excluding carboxylic acids is 1. The Balaban J connectivity index is 1.36. The fourth-order valence-corrected chi connectivity index (χ4v) is 3.97. The average Bonchev–Trinajstić information content (AvgIpc) is 3.34. The van der Waals surface area contributed by atoms with Crippen LogP contribution in [0.15, 0.2) is 77.4 Å². The second-order valence-electron chi connectivity index (χ2n) is 7.58. The first kappa shape index (κ1) is 20.2. The van der Waals surface area contributed by atoms with Crippen molar-refractivity contribution in [1.82, 2.24) is 10.2 Å². The van der Waals surface area contributed by atoms with E-state index in [1.165, 1.54) is 19.3 Å². The molecule has 2 heterocycles. The van der Waals surface area contributed by atoms with Crippen LogP contribution in [0.5, 0.6) is 5.75 Å². The number of para-hydroxylation sites is 1. The number of amides is 1. The maximum absolute atomic E-state index is 12.5. The Hall–Kier alpha value is -3.05. The fraction of sp³-hybridized carbons (Fsp3) is 0.320. The first-order valence-electron chi connectivity index (χ1n) is 10.6. The van der Waals surface area contributed by atoms with Crippen LogP contribution in [-0.4, -0.2) is 37.0 Å². The van der Waals surface area contributed by atoms with E-state index in [1.807, 2.05) is 66.7 Å². The molecule has 1 aliphatic rings. The third-order valence-corrected chi connectivity index (χ3v) is 5.53. The molecule has 2 aromatic carbocycles. The van der Waals surface area contributed by atoms with E-state index in [4.69, 9.17) is 9.15 Å². The predicted octanol–water partition coefficient (Wildman–Crippen LogP) is 4.67. The van der Waals surface area contributed by atoms with E-state index in [0.717, 1.165) is 30.0 Å². The topological polar surface area (TPSA) is 54.7 Å². The van der Waals surface area contributed by atoms with E-state index >= 15 is 0 Å². The van der Waals surface area contributed by atoms with Gasteiger partial charge in [0.1, 0.15) is 11.5 Å². The van der Waals surface area contributed by atoms with E-state index in [2.05, 4.69) is 10.2 Å². The molecule has 30 heavy (non-hydrogen) atoms. The molecule has 0 spiro atoms. The number of nitrogens with one attached hydrogen (secondary N) is 1.